The van der Waals surface area contributed by atoms with Gasteiger partial charge in [0.1, 0.15) is 11.6 Å². The first-order valence-electron chi connectivity index (χ1n) is 7.24. The Morgan fingerprint density at radius 1 is 0.941 bits per heavy atom. The first-order valence-corrected chi connectivity index (χ1v) is 7.24. The fraction of sp³-hybridized carbons (Fsp3) is 0.867. The van der Waals surface area contributed by atoms with Crippen LogP contribution in [-0.4, -0.2) is 11.6 Å². The van der Waals surface area contributed by atoms with Crippen molar-refractivity contribution in [2.45, 2.75) is 84.5 Å². The molecule has 0 atom stereocenters. The summed E-state index contributed by atoms with van der Waals surface area (Å²) in [5, 5.41) is 0. The predicted octanol–water partition coefficient (Wildman–Crippen LogP) is 4.46. The summed E-state index contributed by atoms with van der Waals surface area (Å²) >= 11 is 0. The number of carbonyl (C=O) groups excluding carboxylic acids is 2. The molecule has 1 fully saturated rings. The average molecular weight is 240 g/mol. The van der Waals surface area contributed by atoms with Crippen molar-refractivity contribution in [1.29, 1.82) is 0 Å². The number of carbonyl (C=O) groups is 2. The number of ketones is 2. The molecule has 0 spiro atoms. The van der Waals surface area contributed by atoms with Gasteiger partial charge in [-0.1, -0.05) is 33.1 Å². The van der Waals surface area contributed by atoms with Gasteiger partial charge in [0.05, 0.1) is 0 Å². The highest BCUT2D eigenvalue weighted by molar-refractivity contribution is 5.78. The van der Waals surface area contributed by atoms with Gasteiger partial charge in [-0.2, -0.15) is 0 Å². The maximum absolute atomic E-state index is 11.0. The van der Waals surface area contributed by atoms with Crippen molar-refractivity contribution < 1.29 is 9.59 Å². The lowest BCUT2D eigenvalue weighted by Crippen LogP contribution is -2.02. The third-order valence-electron chi connectivity index (χ3n) is 3.03. The van der Waals surface area contributed by atoms with Gasteiger partial charge in [0.15, 0.2) is 0 Å². The zero-order valence-corrected chi connectivity index (χ0v) is 11.6. The number of hydrogen-bond acceptors (Lipinski definition) is 2. The minimum atomic E-state index is 0.448. The first kappa shape index (κ1) is 16.3. The van der Waals surface area contributed by atoms with Gasteiger partial charge < -0.3 is 0 Å². The summed E-state index contributed by atoms with van der Waals surface area (Å²) in [4.78, 5) is 21.4. The largest absolute Gasteiger partial charge is 0.300 e. The molecular formula is C15H28O2. The lowest BCUT2D eigenvalue weighted by Gasteiger charge is -2.05. The van der Waals surface area contributed by atoms with Crippen LogP contribution in [0.3, 0.4) is 0 Å². The van der Waals surface area contributed by atoms with E-state index in [4.69, 9.17) is 0 Å². The zero-order valence-electron chi connectivity index (χ0n) is 11.6. The minimum Gasteiger partial charge on any atom is -0.300 e. The van der Waals surface area contributed by atoms with Gasteiger partial charge in [0.25, 0.3) is 0 Å². The van der Waals surface area contributed by atoms with Crippen LogP contribution in [-0.2, 0) is 9.59 Å². The molecule has 0 N–H and O–H groups in total. The second kappa shape index (κ2) is 11.8. The van der Waals surface area contributed by atoms with E-state index in [0.717, 1.165) is 64.2 Å². The van der Waals surface area contributed by atoms with Gasteiger partial charge in [0.2, 0.25) is 0 Å². The monoisotopic (exact) mass is 240 g/mol. The highest BCUT2D eigenvalue weighted by Crippen LogP contribution is 2.12. The van der Waals surface area contributed by atoms with E-state index in [9.17, 15) is 9.59 Å². The van der Waals surface area contributed by atoms with Crippen LogP contribution in [0.5, 0.6) is 0 Å². The van der Waals surface area contributed by atoms with Crippen molar-refractivity contribution in [3.8, 4) is 0 Å². The van der Waals surface area contributed by atoms with E-state index in [1.54, 1.807) is 0 Å². The van der Waals surface area contributed by atoms with Gasteiger partial charge in [-0.3, -0.25) is 9.59 Å². The molecule has 2 nitrogen and oxygen atoms in total. The van der Waals surface area contributed by atoms with Crippen LogP contribution < -0.4 is 0 Å². The molecule has 0 aromatic heterocycles. The van der Waals surface area contributed by atoms with Gasteiger partial charge in [0, 0.05) is 25.7 Å². The zero-order chi connectivity index (χ0) is 12.9. The molecule has 1 aliphatic rings. The molecule has 0 unspecified atom stereocenters. The Kier molecular flexibility index (Phi) is 11.4. The van der Waals surface area contributed by atoms with Gasteiger partial charge in [-0.25, -0.2) is 0 Å². The van der Waals surface area contributed by atoms with Crippen LogP contribution in [0.1, 0.15) is 84.5 Å². The van der Waals surface area contributed by atoms with E-state index < -0.39 is 0 Å². The number of unbranched alkanes of at least 4 members (excludes halogenated alkanes) is 2. The molecule has 0 aromatic carbocycles. The first-order chi connectivity index (χ1) is 8.20. The Morgan fingerprint density at radius 2 is 1.41 bits per heavy atom. The summed E-state index contributed by atoms with van der Waals surface area (Å²) in [5.41, 5.74) is 0. The smallest absolute Gasteiger partial charge is 0.132 e. The summed E-state index contributed by atoms with van der Waals surface area (Å²) < 4.78 is 0. The summed E-state index contributed by atoms with van der Waals surface area (Å²) in [5.74, 6) is 0.912. The molecule has 0 aromatic rings. The molecule has 0 amide bonds. The normalized spacial score (nSPS) is 15.1. The van der Waals surface area contributed by atoms with E-state index in [2.05, 4.69) is 13.8 Å². The molecule has 1 aliphatic carbocycles. The van der Waals surface area contributed by atoms with Crippen molar-refractivity contribution in [2.24, 2.45) is 0 Å². The van der Waals surface area contributed by atoms with Gasteiger partial charge in [-0.05, 0) is 25.7 Å². The van der Waals surface area contributed by atoms with E-state index in [0.29, 0.717) is 11.6 Å². The van der Waals surface area contributed by atoms with Gasteiger partial charge in [-0.15, -0.1) is 0 Å². The molecule has 1 saturated carbocycles. The average Bonchev–Trinajstić information content (AvgIpc) is 2.35. The number of Topliss-reactive ketones (excluding diaryl/α,β-unsaturated/α-hetero) is 2. The molecular weight excluding hydrogens is 212 g/mol. The van der Waals surface area contributed by atoms with E-state index in [1.165, 1.54) is 6.42 Å². The second-order valence-electron chi connectivity index (χ2n) is 4.85. The topological polar surface area (TPSA) is 34.1 Å². The van der Waals surface area contributed by atoms with Crippen molar-refractivity contribution in [3.63, 3.8) is 0 Å². The minimum absolute atomic E-state index is 0.448. The number of rotatable bonds is 6. The predicted molar refractivity (Wildman–Crippen MR) is 72.1 cm³/mol. The summed E-state index contributed by atoms with van der Waals surface area (Å²) in [6.45, 7) is 4.24. The van der Waals surface area contributed by atoms with Crippen molar-refractivity contribution >= 4 is 11.6 Å². The molecule has 0 aliphatic heterocycles. The summed E-state index contributed by atoms with van der Waals surface area (Å²) in [6, 6.07) is 0. The molecule has 0 saturated heterocycles. The van der Waals surface area contributed by atoms with E-state index >= 15 is 0 Å². The van der Waals surface area contributed by atoms with Crippen molar-refractivity contribution in [2.75, 3.05) is 0 Å². The van der Waals surface area contributed by atoms with E-state index in [1.807, 2.05) is 0 Å². The SMILES string of the molecule is CCCCC(=O)CCCC.O=C1CCCCC1. The molecule has 1 rings (SSSR count). The third-order valence-corrected chi connectivity index (χ3v) is 3.03. The Morgan fingerprint density at radius 3 is 1.71 bits per heavy atom. The van der Waals surface area contributed by atoms with Crippen molar-refractivity contribution in [1.82, 2.24) is 0 Å². The summed E-state index contributed by atoms with van der Waals surface area (Å²) in [7, 11) is 0. The standard InChI is InChI=1S/C9H18O.C6H10O/c1-3-5-7-9(10)8-6-4-2;7-6-4-2-1-3-5-6/h3-8H2,1-2H3;1-5H2. The molecule has 2 heteroatoms. The van der Waals surface area contributed by atoms with Crippen LogP contribution in [0.25, 0.3) is 0 Å². The molecule has 17 heavy (non-hydrogen) atoms. The van der Waals surface area contributed by atoms with Crippen molar-refractivity contribution in [3.05, 3.63) is 0 Å². The highest BCUT2D eigenvalue weighted by Gasteiger charge is 2.05. The summed E-state index contributed by atoms with van der Waals surface area (Å²) in [6.07, 6.45) is 11.3. The lowest BCUT2D eigenvalue weighted by molar-refractivity contribution is -0.120. The fourth-order valence-electron chi connectivity index (χ4n) is 1.82. The van der Waals surface area contributed by atoms with Crippen LogP contribution in [0, 0.1) is 0 Å². The maximum Gasteiger partial charge on any atom is 0.132 e. The Bertz CT molecular complexity index is 191. The quantitative estimate of drug-likeness (QED) is 0.687. The van der Waals surface area contributed by atoms with Crippen LogP contribution in [0.2, 0.25) is 0 Å². The Hall–Kier alpha value is -0.660. The van der Waals surface area contributed by atoms with Gasteiger partial charge >= 0.3 is 0 Å². The second-order valence-corrected chi connectivity index (χ2v) is 4.85. The van der Waals surface area contributed by atoms with Crippen LogP contribution >= 0.6 is 0 Å². The van der Waals surface area contributed by atoms with E-state index in [-0.39, 0.29) is 0 Å². The molecule has 0 heterocycles. The lowest BCUT2D eigenvalue weighted by atomic mass is 10.00. The van der Waals surface area contributed by atoms with Crippen LogP contribution in [0.15, 0.2) is 0 Å². The Balaban J connectivity index is 0.000000318. The third kappa shape index (κ3) is 11.6. The van der Waals surface area contributed by atoms with Crippen LogP contribution in [0.4, 0.5) is 0 Å². The fourth-order valence-corrected chi connectivity index (χ4v) is 1.82. The number of hydrogen-bond donors (Lipinski definition) is 0. The highest BCUT2D eigenvalue weighted by atomic mass is 16.1. The molecule has 0 bridgehead atoms. The molecule has 0 radical (unpaired) electrons. The maximum atomic E-state index is 11.0. The molecule has 100 valence electrons. The Labute approximate surface area is 106 Å².